The van der Waals surface area contributed by atoms with Crippen LogP contribution in [-0.2, 0) is 20.8 Å². The fourth-order valence-electron chi connectivity index (χ4n) is 4.00. The van der Waals surface area contributed by atoms with E-state index < -0.39 is 47.4 Å². The number of benzene rings is 3. The highest BCUT2D eigenvalue weighted by atomic mass is 19.1. The molecule has 10 heteroatoms. The summed E-state index contributed by atoms with van der Waals surface area (Å²) in [5.41, 5.74) is 1.42. The molecule has 0 radical (unpaired) electrons. The topological polar surface area (TPSA) is 90.9 Å². The Bertz CT molecular complexity index is 1390. The third-order valence-corrected chi connectivity index (χ3v) is 5.81. The molecule has 190 valence electrons. The Labute approximate surface area is 211 Å². The van der Waals surface area contributed by atoms with Crippen LogP contribution in [0.1, 0.15) is 23.6 Å². The highest BCUT2D eigenvalue weighted by molar-refractivity contribution is 6.20. The van der Waals surface area contributed by atoms with E-state index in [1.165, 1.54) is 37.1 Å². The van der Waals surface area contributed by atoms with Gasteiger partial charge in [0, 0.05) is 24.2 Å². The van der Waals surface area contributed by atoms with Gasteiger partial charge in [0.05, 0.1) is 17.8 Å². The molecule has 0 bridgehead atoms. The second-order valence-electron chi connectivity index (χ2n) is 8.53. The number of hydrogen-bond acceptors (Lipinski definition) is 4. The summed E-state index contributed by atoms with van der Waals surface area (Å²) in [6, 6.07) is 14.4. The molecule has 7 nitrogen and oxygen atoms in total. The number of para-hydroxylation sites is 1. The van der Waals surface area contributed by atoms with Gasteiger partial charge in [-0.25, -0.2) is 18.2 Å². The van der Waals surface area contributed by atoms with Crippen molar-refractivity contribution in [3.05, 3.63) is 101 Å². The average molecular weight is 509 g/mol. The number of carbonyl (C=O) groups excluding carboxylic acids is 3. The molecule has 1 aliphatic rings. The van der Waals surface area contributed by atoms with Crippen LogP contribution < -0.4 is 15.5 Å². The van der Waals surface area contributed by atoms with Gasteiger partial charge in [-0.15, -0.1) is 0 Å². The Hall–Kier alpha value is -4.47. The summed E-state index contributed by atoms with van der Waals surface area (Å²) in [7, 11) is 1.52. The van der Waals surface area contributed by atoms with Crippen molar-refractivity contribution in [3.63, 3.8) is 0 Å². The van der Waals surface area contributed by atoms with Gasteiger partial charge in [0.15, 0.2) is 0 Å². The maximum absolute atomic E-state index is 14.7. The number of benzodiazepines with no additional fused rings is 1. The van der Waals surface area contributed by atoms with Crippen molar-refractivity contribution >= 4 is 29.1 Å². The number of halogens is 3. The first-order chi connectivity index (χ1) is 17.6. The molecule has 0 saturated heterocycles. The predicted octanol–water partition coefficient (Wildman–Crippen LogP) is 3.11. The SMILES string of the molecule is C[C@H](NC(=O)Cc1cc(F)cc(F)c1)C(=O)NC1N=C(c2ccccc2F)c2ccccc2N(C)C1=O. The first-order valence-corrected chi connectivity index (χ1v) is 11.4. The summed E-state index contributed by atoms with van der Waals surface area (Å²) in [5, 5.41) is 4.94. The van der Waals surface area contributed by atoms with Gasteiger partial charge in [-0.2, -0.15) is 0 Å². The van der Waals surface area contributed by atoms with Gasteiger partial charge < -0.3 is 15.5 Å². The van der Waals surface area contributed by atoms with Crippen LogP contribution in [0, 0.1) is 17.5 Å². The summed E-state index contributed by atoms with van der Waals surface area (Å²) in [6.07, 6.45) is -1.77. The fraction of sp³-hybridized carbons (Fsp3) is 0.185. The van der Waals surface area contributed by atoms with Gasteiger partial charge in [-0.1, -0.05) is 30.3 Å². The molecule has 0 fully saturated rings. The van der Waals surface area contributed by atoms with E-state index in [0.29, 0.717) is 17.3 Å². The van der Waals surface area contributed by atoms with Crippen molar-refractivity contribution in [2.45, 2.75) is 25.6 Å². The van der Waals surface area contributed by atoms with E-state index in [-0.39, 0.29) is 23.3 Å². The molecule has 0 aliphatic carbocycles. The fourth-order valence-corrected chi connectivity index (χ4v) is 4.00. The zero-order chi connectivity index (χ0) is 26.7. The van der Waals surface area contributed by atoms with Crippen molar-refractivity contribution < 1.29 is 27.6 Å². The van der Waals surface area contributed by atoms with Crippen LogP contribution in [-0.4, -0.2) is 42.7 Å². The molecule has 0 aromatic heterocycles. The number of amides is 3. The summed E-state index contributed by atoms with van der Waals surface area (Å²) in [5.74, 6) is -4.15. The van der Waals surface area contributed by atoms with Gasteiger partial charge in [0.25, 0.3) is 5.91 Å². The number of aliphatic imine (C=N–C) groups is 1. The van der Waals surface area contributed by atoms with Crippen molar-refractivity contribution in [1.82, 2.24) is 10.6 Å². The van der Waals surface area contributed by atoms with Crippen LogP contribution in [0.2, 0.25) is 0 Å². The average Bonchev–Trinajstić information content (AvgIpc) is 2.94. The molecule has 2 atom stereocenters. The van der Waals surface area contributed by atoms with E-state index in [9.17, 15) is 27.6 Å². The Morgan fingerprint density at radius 2 is 1.59 bits per heavy atom. The highest BCUT2D eigenvalue weighted by Gasteiger charge is 2.32. The molecular weight excluding hydrogens is 485 g/mol. The molecule has 1 heterocycles. The number of likely N-dealkylation sites (N-methyl/N-ethyl adjacent to an activating group) is 1. The van der Waals surface area contributed by atoms with E-state index in [2.05, 4.69) is 15.6 Å². The molecule has 37 heavy (non-hydrogen) atoms. The van der Waals surface area contributed by atoms with Crippen LogP contribution in [0.4, 0.5) is 18.9 Å². The smallest absolute Gasteiger partial charge is 0.272 e. The molecule has 3 aromatic carbocycles. The van der Waals surface area contributed by atoms with Crippen LogP contribution in [0.15, 0.2) is 71.7 Å². The maximum Gasteiger partial charge on any atom is 0.272 e. The Kier molecular flexibility index (Phi) is 7.37. The molecule has 1 unspecified atom stereocenters. The number of carbonyl (C=O) groups is 3. The van der Waals surface area contributed by atoms with E-state index in [4.69, 9.17) is 0 Å². The lowest BCUT2D eigenvalue weighted by molar-refractivity contribution is -0.130. The van der Waals surface area contributed by atoms with Gasteiger partial charge in [0.1, 0.15) is 23.5 Å². The molecule has 2 N–H and O–H groups in total. The van der Waals surface area contributed by atoms with Crippen molar-refractivity contribution in [2.75, 3.05) is 11.9 Å². The zero-order valence-corrected chi connectivity index (χ0v) is 20.0. The van der Waals surface area contributed by atoms with Gasteiger partial charge in [-0.05, 0) is 42.8 Å². The van der Waals surface area contributed by atoms with E-state index in [1.807, 2.05) is 0 Å². The van der Waals surface area contributed by atoms with E-state index in [1.54, 1.807) is 30.3 Å². The summed E-state index contributed by atoms with van der Waals surface area (Å²) in [4.78, 5) is 44.2. The van der Waals surface area contributed by atoms with Crippen LogP contribution in [0.3, 0.4) is 0 Å². The molecule has 3 amide bonds. The predicted molar refractivity (Wildman–Crippen MR) is 131 cm³/mol. The van der Waals surface area contributed by atoms with E-state index in [0.717, 1.165) is 12.1 Å². The van der Waals surface area contributed by atoms with Crippen molar-refractivity contribution in [2.24, 2.45) is 4.99 Å². The summed E-state index contributed by atoms with van der Waals surface area (Å²) >= 11 is 0. The molecule has 4 rings (SSSR count). The number of nitrogens with zero attached hydrogens (tertiary/aromatic N) is 2. The summed E-state index contributed by atoms with van der Waals surface area (Å²) < 4.78 is 41.5. The highest BCUT2D eigenvalue weighted by Crippen LogP contribution is 2.28. The first-order valence-electron chi connectivity index (χ1n) is 11.4. The minimum atomic E-state index is -1.41. The Morgan fingerprint density at radius 3 is 2.27 bits per heavy atom. The number of fused-ring (bicyclic) bond motifs is 1. The largest absolute Gasteiger partial charge is 0.344 e. The Morgan fingerprint density at radius 1 is 0.973 bits per heavy atom. The van der Waals surface area contributed by atoms with Crippen LogP contribution >= 0.6 is 0 Å². The second-order valence-corrected chi connectivity index (χ2v) is 8.53. The lowest BCUT2D eigenvalue weighted by Gasteiger charge is -2.22. The third kappa shape index (κ3) is 5.69. The quantitative estimate of drug-likeness (QED) is 0.536. The lowest BCUT2D eigenvalue weighted by Crippen LogP contribution is -2.52. The second kappa shape index (κ2) is 10.7. The molecular formula is C27H23F3N4O3. The first kappa shape index (κ1) is 25.6. The van der Waals surface area contributed by atoms with Crippen LogP contribution in [0.25, 0.3) is 0 Å². The van der Waals surface area contributed by atoms with Gasteiger partial charge in [0.2, 0.25) is 18.0 Å². The van der Waals surface area contributed by atoms with E-state index >= 15 is 0 Å². The van der Waals surface area contributed by atoms with Gasteiger partial charge >= 0.3 is 0 Å². The molecule has 0 spiro atoms. The Balaban J connectivity index is 1.56. The maximum atomic E-state index is 14.7. The number of anilines is 1. The zero-order valence-electron chi connectivity index (χ0n) is 20.0. The van der Waals surface area contributed by atoms with Crippen LogP contribution in [0.5, 0.6) is 0 Å². The molecule has 3 aromatic rings. The monoisotopic (exact) mass is 508 g/mol. The number of nitrogens with one attached hydrogen (secondary N) is 2. The number of hydrogen-bond donors (Lipinski definition) is 2. The standard InChI is InChI=1S/C27H23F3N4O3/c1-15(31-23(35)13-16-11-17(28)14-18(29)12-16)26(36)33-25-27(37)34(2)22-10-6-4-8-20(22)24(32-25)19-7-3-5-9-21(19)30/h3-12,14-15,25H,13H2,1-2H3,(H,31,35)(H,33,36)/t15-,25?/m0/s1. The van der Waals surface area contributed by atoms with Gasteiger partial charge in [-0.3, -0.25) is 14.4 Å². The van der Waals surface area contributed by atoms with Crippen molar-refractivity contribution in [1.29, 1.82) is 0 Å². The number of rotatable bonds is 6. The minimum Gasteiger partial charge on any atom is -0.344 e. The van der Waals surface area contributed by atoms with Crippen molar-refractivity contribution in [3.8, 4) is 0 Å². The molecule has 0 saturated carbocycles. The minimum absolute atomic E-state index is 0.0973. The summed E-state index contributed by atoms with van der Waals surface area (Å²) in [6.45, 7) is 1.39. The normalized spacial score (nSPS) is 15.8. The lowest BCUT2D eigenvalue weighted by atomic mass is 10.00. The third-order valence-electron chi connectivity index (χ3n) is 5.81. The molecule has 1 aliphatic heterocycles.